The molecule has 2 aromatic carbocycles. The molecule has 5 rings (SSSR count). The second kappa shape index (κ2) is 5.45. The Kier molecular flexibility index (Phi) is 3.20. The molecule has 1 aromatic heterocycles. The van der Waals surface area contributed by atoms with Crippen LogP contribution in [0.4, 0.5) is 0 Å². The predicted molar refractivity (Wildman–Crippen MR) is 97.8 cm³/mol. The number of benzene rings is 2. The summed E-state index contributed by atoms with van der Waals surface area (Å²) in [5.41, 5.74) is 5.46. The molecule has 0 saturated carbocycles. The van der Waals surface area contributed by atoms with E-state index in [2.05, 4.69) is 39.1 Å². The van der Waals surface area contributed by atoms with Gasteiger partial charge in [-0.05, 0) is 55.5 Å². The van der Waals surface area contributed by atoms with Gasteiger partial charge in [0.25, 0.3) is 5.91 Å². The molecule has 1 aliphatic heterocycles. The van der Waals surface area contributed by atoms with Gasteiger partial charge in [0.05, 0.1) is 11.0 Å². The molecule has 126 valence electrons. The van der Waals surface area contributed by atoms with Gasteiger partial charge in [0.2, 0.25) is 0 Å². The Hall–Kier alpha value is -2.62. The molecular weight excluding hydrogens is 310 g/mol. The standard InChI is InChI=1S/C21H21N3O/c1-13-22-18-9-8-15(11-19(18)23-13)21(25)24-10-4-7-17-16-6-3-2-5-14(16)12-20(17)24/h2-3,5-6,8-9,11,17,20H,4,7,10,12H2,1H3,(H,22,23)/t17-,20+/m0/s1. The number of aromatic nitrogens is 2. The van der Waals surface area contributed by atoms with Gasteiger partial charge in [-0.25, -0.2) is 4.98 Å². The van der Waals surface area contributed by atoms with Gasteiger partial charge in [0, 0.05) is 24.1 Å². The molecule has 1 saturated heterocycles. The van der Waals surface area contributed by atoms with E-state index >= 15 is 0 Å². The Morgan fingerprint density at radius 1 is 1.24 bits per heavy atom. The quantitative estimate of drug-likeness (QED) is 0.737. The molecule has 1 amide bonds. The molecule has 2 heterocycles. The van der Waals surface area contributed by atoms with E-state index in [1.165, 1.54) is 17.5 Å². The van der Waals surface area contributed by atoms with E-state index in [4.69, 9.17) is 0 Å². The molecule has 25 heavy (non-hydrogen) atoms. The van der Waals surface area contributed by atoms with Crippen molar-refractivity contribution in [1.82, 2.24) is 14.9 Å². The maximum Gasteiger partial charge on any atom is 0.254 e. The Morgan fingerprint density at radius 3 is 3.04 bits per heavy atom. The normalized spacial score (nSPS) is 22.0. The van der Waals surface area contributed by atoms with Gasteiger partial charge in [-0.2, -0.15) is 0 Å². The summed E-state index contributed by atoms with van der Waals surface area (Å²) < 4.78 is 0. The summed E-state index contributed by atoms with van der Waals surface area (Å²) in [6.45, 7) is 2.79. The molecule has 3 aromatic rings. The number of H-pyrrole nitrogens is 1. The summed E-state index contributed by atoms with van der Waals surface area (Å²) in [5, 5.41) is 0. The summed E-state index contributed by atoms with van der Waals surface area (Å²) in [6, 6.07) is 14.8. The first-order chi connectivity index (χ1) is 12.2. The zero-order valence-corrected chi connectivity index (χ0v) is 14.3. The van der Waals surface area contributed by atoms with E-state index in [-0.39, 0.29) is 5.91 Å². The minimum atomic E-state index is 0.144. The van der Waals surface area contributed by atoms with Crippen molar-refractivity contribution < 1.29 is 4.79 Å². The lowest BCUT2D eigenvalue weighted by atomic mass is 9.88. The van der Waals surface area contributed by atoms with Gasteiger partial charge in [0.15, 0.2) is 0 Å². The van der Waals surface area contributed by atoms with Crippen LogP contribution in [0.5, 0.6) is 0 Å². The first kappa shape index (κ1) is 14.7. The van der Waals surface area contributed by atoms with E-state index in [1.807, 2.05) is 25.1 Å². The van der Waals surface area contributed by atoms with Gasteiger partial charge >= 0.3 is 0 Å². The summed E-state index contributed by atoms with van der Waals surface area (Å²) in [7, 11) is 0. The molecule has 0 unspecified atom stereocenters. The first-order valence-electron chi connectivity index (χ1n) is 9.06. The number of fused-ring (bicyclic) bond motifs is 4. The second-order valence-electron chi connectivity index (χ2n) is 7.27. The minimum Gasteiger partial charge on any atom is -0.342 e. The molecule has 0 spiro atoms. The van der Waals surface area contributed by atoms with Crippen LogP contribution in [0.15, 0.2) is 42.5 Å². The second-order valence-corrected chi connectivity index (χ2v) is 7.27. The smallest absolute Gasteiger partial charge is 0.254 e. The maximum atomic E-state index is 13.2. The number of imidazole rings is 1. The lowest BCUT2D eigenvalue weighted by Gasteiger charge is -2.38. The van der Waals surface area contributed by atoms with Gasteiger partial charge in [-0.3, -0.25) is 4.79 Å². The molecule has 0 bridgehead atoms. The Morgan fingerprint density at radius 2 is 2.12 bits per heavy atom. The number of likely N-dealkylation sites (tertiary alicyclic amines) is 1. The number of hydrogen-bond donors (Lipinski definition) is 1. The van der Waals surface area contributed by atoms with E-state index in [0.29, 0.717) is 12.0 Å². The van der Waals surface area contributed by atoms with E-state index in [1.54, 1.807) is 0 Å². The number of hydrogen-bond acceptors (Lipinski definition) is 2. The van der Waals surface area contributed by atoms with Crippen molar-refractivity contribution in [3.8, 4) is 0 Å². The zero-order valence-electron chi connectivity index (χ0n) is 14.3. The fraction of sp³-hybridized carbons (Fsp3) is 0.333. The van der Waals surface area contributed by atoms with Crippen LogP contribution in [0, 0.1) is 6.92 Å². The number of carbonyl (C=O) groups is 1. The molecule has 2 atom stereocenters. The molecule has 1 aliphatic carbocycles. The molecule has 1 N–H and O–H groups in total. The molecule has 2 aliphatic rings. The number of carbonyl (C=O) groups excluding carboxylic acids is 1. The minimum absolute atomic E-state index is 0.144. The van der Waals surface area contributed by atoms with Crippen LogP contribution in [0.1, 0.15) is 46.1 Å². The van der Waals surface area contributed by atoms with Crippen molar-refractivity contribution in [2.24, 2.45) is 0 Å². The van der Waals surface area contributed by atoms with Gasteiger partial charge in [-0.15, -0.1) is 0 Å². The van der Waals surface area contributed by atoms with Gasteiger partial charge in [0.1, 0.15) is 5.82 Å². The third-order valence-electron chi connectivity index (χ3n) is 5.77. The van der Waals surface area contributed by atoms with Crippen LogP contribution in [0.3, 0.4) is 0 Å². The maximum absolute atomic E-state index is 13.2. The van der Waals surface area contributed by atoms with Crippen LogP contribution in [-0.2, 0) is 6.42 Å². The Bertz CT molecular complexity index is 974. The number of nitrogens with one attached hydrogen (secondary N) is 1. The zero-order chi connectivity index (χ0) is 17.0. The average Bonchev–Trinajstić information content (AvgIpc) is 3.19. The monoisotopic (exact) mass is 331 g/mol. The highest BCUT2D eigenvalue weighted by molar-refractivity contribution is 5.97. The third-order valence-corrected chi connectivity index (χ3v) is 5.77. The van der Waals surface area contributed by atoms with Crippen molar-refractivity contribution in [3.05, 3.63) is 65.0 Å². The van der Waals surface area contributed by atoms with Crippen LogP contribution in [0.2, 0.25) is 0 Å². The summed E-state index contributed by atoms with van der Waals surface area (Å²) in [5.74, 6) is 1.51. The molecule has 1 fully saturated rings. The van der Waals surface area contributed by atoms with Crippen LogP contribution in [0.25, 0.3) is 11.0 Å². The van der Waals surface area contributed by atoms with Crippen molar-refractivity contribution in [3.63, 3.8) is 0 Å². The third kappa shape index (κ3) is 2.28. The van der Waals surface area contributed by atoms with Gasteiger partial charge < -0.3 is 9.88 Å². The fourth-order valence-electron chi connectivity index (χ4n) is 4.66. The molecule has 4 heteroatoms. The number of nitrogens with zero attached hydrogens (tertiary/aromatic N) is 2. The van der Waals surface area contributed by atoms with E-state index in [0.717, 1.165) is 41.8 Å². The average molecular weight is 331 g/mol. The fourth-order valence-corrected chi connectivity index (χ4v) is 4.66. The van der Waals surface area contributed by atoms with E-state index in [9.17, 15) is 4.79 Å². The number of piperidine rings is 1. The van der Waals surface area contributed by atoms with Crippen molar-refractivity contribution in [2.45, 2.75) is 38.1 Å². The molecule has 0 radical (unpaired) electrons. The predicted octanol–water partition coefficient (Wildman–Crippen LogP) is 3.82. The SMILES string of the molecule is Cc1nc2cc(C(=O)N3CCC[C@H]4c5ccccc5C[C@H]43)ccc2[nH]1. The van der Waals surface area contributed by atoms with Gasteiger partial charge in [-0.1, -0.05) is 24.3 Å². The summed E-state index contributed by atoms with van der Waals surface area (Å²) in [6.07, 6.45) is 3.24. The number of amides is 1. The largest absolute Gasteiger partial charge is 0.342 e. The number of aryl methyl sites for hydroxylation is 1. The van der Waals surface area contributed by atoms with Crippen molar-refractivity contribution >= 4 is 16.9 Å². The van der Waals surface area contributed by atoms with Crippen molar-refractivity contribution in [2.75, 3.05) is 6.54 Å². The van der Waals surface area contributed by atoms with Crippen LogP contribution >= 0.6 is 0 Å². The highest BCUT2D eigenvalue weighted by Crippen LogP contribution is 2.42. The Balaban J connectivity index is 1.48. The number of aromatic amines is 1. The first-order valence-corrected chi connectivity index (χ1v) is 9.06. The molecule has 4 nitrogen and oxygen atoms in total. The van der Waals surface area contributed by atoms with Crippen molar-refractivity contribution in [1.29, 1.82) is 0 Å². The van der Waals surface area contributed by atoms with E-state index < -0.39 is 0 Å². The Labute approximate surface area is 146 Å². The highest BCUT2D eigenvalue weighted by atomic mass is 16.2. The van der Waals surface area contributed by atoms with Crippen LogP contribution in [-0.4, -0.2) is 33.4 Å². The lowest BCUT2D eigenvalue weighted by molar-refractivity contribution is 0.0595. The lowest BCUT2D eigenvalue weighted by Crippen LogP contribution is -2.46. The molecular formula is C21H21N3O. The summed E-state index contributed by atoms with van der Waals surface area (Å²) >= 11 is 0. The topological polar surface area (TPSA) is 49.0 Å². The summed E-state index contributed by atoms with van der Waals surface area (Å²) in [4.78, 5) is 23.0. The van der Waals surface area contributed by atoms with Crippen LogP contribution < -0.4 is 0 Å². The highest BCUT2D eigenvalue weighted by Gasteiger charge is 2.40. The number of rotatable bonds is 1.